The van der Waals surface area contributed by atoms with Crippen LogP contribution < -0.4 is 5.69 Å². The topological polar surface area (TPSA) is 76.7 Å². The largest absolute Gasteiger partial charge is 0.339 e. The van der Waals surface area contributed by atoms with E-state index < -0.39 is 0 Å². The quantitative estimate of drug-likeness (QED) is 0.752. The van der Waals surface area contributed by atoms with Crippen LogP contribution in [-0.4, -0.2) is 19.7 Å². The summed E-state index contributed by atoms with van der Waals surface area (Å²) in [5.41, 5.74) is -0.124. The number of rotatable bonds is 3. The van der Waals surface area contributed by atoms with Crippen LogP contribution in [0.5, 0.6) is 0 Å². The van der Waals surface area contributed by atoms with Crippen LogP contribution in [0.3, 0.4) is 0 Å². The lowest BCUT2D eigenvalue weighted by molar-refractivity contribution is 0.368. The van der Waals surface area contributed by atoms with Gasteiger partial charge in [-0.1, -0.05) is 5.16 Å². The number of imidazole rings is 1. The van der Waals surface area contributed by atoms with Crippen LogP contribution in [0.1, 0.15) is 11.7 Å². The van der Waals surface area contributed by atoms with Crippen molar-refractivity contribution < 1.29 is 4.52 Å². The van der Waals surface area contributed by atoms with E-state index in [0.29, 0.717) is 24.7 Å². The number of aryl methyl sites for hydroxylation is 3. The molecule has 0 radical (unpaired) electrons. The second-order valence-corrected chi connectivity index (χ2v) is 2.94. The van der Waals surface area contributed by atoms with Crippen molar-refractivity contribution in [3.05, 3.63) is 34.6 Å². The van der Waals surface area contributed by atoms with Crippen molar-refractivity contribution in [3.8, 4) is 0 Å². The molecule has 2 aromatic rings. The minimum atomic E-state index is -0.124. The molecule has 0 unspecified atom stereocenters. The summed E-state index contributed by atoms with van der Waals surface area (Å²) < 4.78 is 6.47. The van der Waals surface area contributed by atoms with E-state index in [0.717, 1.165) is 0 Å². The maximum absolute atomic E-state index is 11.1. The first-order valence-electron chi connectivity index (χ1n) is 4.29. The number of hydrogen-bond acceptors (Lipinski definition) is 4. The molecule has 74 valence electrons. The molecule has 0 spiro atoms. The molecule has 0 atom stereocenters. The molecule has 0 fully saturated rings. The normalized spacial score (nSPS) is 10.6. The summed E-state index contributed by atoms with van der Waals surface area (Å²) >= 11 is 0. The van der Waals surface area contributed by atoms with Gasteiger partial charge < -0.3 is 9.51 Å². The third-order valence-corrected chi connectivity index (χ3v) is 1.86. The molecule has 2 heterocycles. The van der Waals surface area contributed by atoms with Gasteiger partial charge >= 0.3 is 5.69 Å². The lowest BCUT2D eigenvalue weighted by atomic mass is 10.4. The number of H-pyrrole nitrogens is 1. The Balaban J connectivity index is 2.01. The van der Waals surface area contributed by atoms with Crippen LogP contribution in [0.2, 0.25) is 0 Å². The summed E-state index contributed by atoms with van der Waals surface area (Å²) in [4.78, 5) is 17.7. The first kappa shape index (κ1) is 8.74. The smallest absolute Gasteiger partial charge is 0.325 e. The molecular weight excluding hydrogens is 184 g/mol. The van der Waals surface area contributed by atoms with Crippen LogP contribution in [-0.2, 0) is 13.0 Å². The van der Waals surface area contributed by atoms with Crippen molar-refractivity contribution >= 4 is 0 Å². The summed E-state index contributed by atoms with van der Waals surface area (Å²) in [6.45, 7) is 2.30. The Labute approximate surface area is 79.6 Å². The molecule has 2 rings (SSSR count). The molecule has 1 N–H and O–H groups in total. The average molecular weight is 194 g/mol. The van der Waals surface area contributed by atoms with E-state index in [9.17, 15) is 4.79 Å². The highest BCUT2D eigenvalue weighted by molar-refractivity contribution is 4.84. The monoisotopic (exact) mass is 194 g/mol. The molecule has 0 aromatic carbocycles. The summed E-state index contributed by atoms with van der Waals surface area (Å²) in [6, 6.07) is 0. The predicted molar refractivity (Wildman–Crippen MR) is 47.8 cm³/mol. The lowest BCUT2D eigenvalue weighted by Crippen LogP contribution is -2.17. The third-order valence-electron chi connectivity index (χ3n) is 1.86. The van der Waals surface area contributed by atoms with Gasteiger partial charge in [-0.3, -0.25) is 4.57 Å². The molecule has 2 aromatic heterocycles. The van der Waals surface area contributed by atoms with E-state index in [-0.39, 0.29) is 5.69 Å². The highest BCUT2D eigenvalue weighted by Crippen LogP contribution is 1.97. The molecule has 0 saturated heterocycles. The van der Waals surface area contributed by atoms with Gasteiger partial charge in [-0.15, -0.1) is 0 Å². The van der Waals surface area contributed by atoms with Crippen LogP contribution in [0, 0.1) is 6.92 Å². The van der Waals surface area contributed by atoms with E-state index >= 15 is 0 Å². The van der Waals surface area contributed by atoms with E-state index in [4.69, 9.17) is 4.52 Å². The average Bonchev–Trinajstić information content (AvgIpc) is 2.72. The van der Waals surface area contributed by atoms with Crippen molar-refractivity contribution in [2.24, 2.45) is 0 Å². The van der Waals surface area contributed by atoms with Crippen LogP contribution in [0.15, 0.2) is 21.7 Å². The van der Waals surface area contributed by atoms with Gasteiger partial charge in [0.15, 0.2) is 5.82 Å². The molecule has 0 aliphatic rings. The minimum absolute atomic E-state index is 0.124. The van der Waals surface area contributed by atoms with Gasteiger partial charge in [-0.05, 0) is 6.92 Å². The Morgan fingerprint density at radius 3 is 3.07 bits per heavy atom. The maximum atomic E-state index is 11.1. The highest BCUT2D eigenvalue weighted by atomic mass is 16.5. The van der Waals surface area contributed by atoms with Gasteiger partial charge in [0.05, 0.1) is 0 Å². The van der Waals surface area contributed by atoms with Crippen molar-refractivity contribution in [1.82, 2.24) is 19.7 Å². The fourth-order valence-corrected chi connectivity index (χ4v) is 1.18. The minimum Gasteiger partial charge on any atom is -0.339 e. The van der Waals surface area contributed by atoms with E-state index in [1.54, 1.807) is 23.9 Å². The lowest BCUT2D eigenvalue weighted by Gasteiger charge is -1.95. The SMILES string of the molecule is Cc1noc(CCn2cc[nH]c2=O)n1. The van der Waals surface area contributed by atoms with Crippen molar-refractivity contribution in [1.29, 1.82) is 0 Å². The second kappa shape index (κ2) is 3.49. The molecule has 0 aliphatic heterocycles. The maximum Gasteiger partial charge on any atom is 0.325 e. The Morgan fingerprint density at radius 2 is 2.50 bits per heavy atom. The zero-order valence-corrected chi connectivity index (χ0v) is 7.73. The van der Waals surface area contributed by atoms with Gasteiger partial charge in [0, 0.05) is 25.4 Å². The Hall–Kier alpha value is -1.85. The number of aromatic nitrogens is 4. The molecule has 0 bridgehead atoms. The number of hydrogen-bond donors (Lipinski definition) is 1. The van der Waals surface area contributed by atoms with Gasteiger partial charge in [-0.25, -0.2) is 4.79 Å². The van der Waals surface area contributed by atoms with E-state index in [1.165, 1.54) is 0 Å². The summed E-state index contributed by atoms with van der Waals surface area (Å²) in [5, 5.41) is 3.66. The molecule has 6 nitrogen and oxygen atoms in total. The Bertz CT molecular complexity index is 467. The van der Waals surface area contributed by atoms with Gasteiger partial charge in [0.2, 0.25) is 5.89 Å². The molecule has 14 heavy (non-hydrogen) atoms. The van der Waals surface area contributed by atoms with Crippen LogP contribution in [0.25, 0.3) is 0 Å². The van der Waals surface area contributed by atoms with Gasteiger partial charge in [0.1, 0.15) is 0 Å². The third kappa shape index (κ3) is 1.73. The van der Waals surface area contributed by atoms with Gasteiger partial charge in [0.25, 0.3) is 0 Å². The standard InChI is InChI=1S/C8H10N4O2/c1-6-10-7(14-11-6)2-4-12-5-3-9-8(12)13/h3,5H,2,4H2,1H3,(H,9,13). The summed E-state index contributed by atoms with van der Waals surface area (Å²) in [5.74, 6) is 1.16. The molecule has 6 heteroatoms. The fraction of sp³-hybridized carbons (Fsp3) is 0.375. The molecule has 0 amide bonds. The Morgan fingerprint density at radius 1 is 1.64 bits per heavy atom. The Kier molecular flexibility index (Phi) is 2.18. The predicted octanol–water partition coefficient (Wildman–Crippen LogP) is 0.111. The summed E-state index contributed by atoms with van der Waals surface area (Å²) in [7, 11) is 0. The van der Waals surface area contributed by atoms with E-state index in [1.807, 2.05) is 0 Å². The first-order valence-corrected chi connectivity index (χ1v) is 4.29. The van der Waals surface area contributed by atoms with Gasteiger partial charge in [-0.2, -0.15) is 4.98 Å². The van der Waals surface area contributed by atoms with Crippen molar-refractivity contribution in [2.45, 2.75) is 19.9 Å². The fourth-order valence-electron chi connectivity index (χ4n) is 1.18. The zero-order valence-electron chi connectivity index (χ0n) is 7.73. The molecule has 0 aliphatic carbocycles. The first-order chi connectivity index (χ1) is 6.75. The van der Waals surface area contributed by atoms with Crippen LogP contribution in [0.4, 0.5) is 0 Å². The molecule has 0 saturated carbocycles. The summed E-state index contributed by atoms with van der Waals surface area (Å²) in [6.07, 6.45) is 3.85. The highest BCUT2D eigenvalue weighted by Gasteiger charge is 2.03. The van der Waals surface area contributed by atoms with E-state index in [2.05, 4.69) is 15.1 Å². The second-order valence-electron chi connectivity index (χ2n) is 2.94. The zero-order chi connectivity index (χ0) is 9.97. The molecular formula is C8H10N4O2. The van der Waals surface area contributed by atoms with Crippen molar-refractivity contribution in [3.63, 3.8) is 0 Å². The van der Waals surface area contributed by atoms with Crippen molar-refractivity contribution in [2.75, 3.05) is 0 Å². The van der Waals surface area contributed by atoms with Crippen LogP contribution >= 0.6 is 0 Å². The number of aromatic amines is 1. The number of nitrogens with one attached hydrogen (secondary N) is 1. The number of nitrogens with zero attached hydrogens (tertiary/aromatic N) is 3.